The molecule has 1 aliphatic heterocycles. The van der Waals surface area contributed by atoms with Gasteiger partial charge in [-0.1, -0.05) is 0 Å². The van der Waals surface area contributed by atoms with Crippen LogP contribution in [0.15, 0.2) is 18.2 Å². The molecule has 0 bridgehead atoms. The van der Waals surface area contributed by atoms with E-state index in [4.69, 9.17) is 4.74 Å². The van der Waals surface area contributed by atoms with Gasteiger partial charge in [-0.25, -0.2) is 4.39 Å². The highest BCUT2D eigenvalue weighted by molar-refractivity contribution is 5.96. The van der Waals surface area contributed by atoms with Gasteiger partial charge in [0, 0.05) is 5.56 Å². The van der Waals surface area contributed by atoms with Crippen LogP contribution in [-0.4, -0.2) is 18.3 Å². The van der Waals surface area contributed by atoms with Crippen LogP contribution in [0.5, 0.6) is 5.75 Å². The highest BCUT2D eigenvalue weighted by Crippen LogP contribution is 2.32. The van der Waals surface area contributed by atoms with E-state index < -0.39 is 0 Å². The molecule has 17 heavy (non-hydrogen) atoms. The summed E-state index contributed by atoms with van der Waals surface area (Å²) >= 11 is 0. The number of hydrogen-bond acceptors (Lipinski definition) is 3. The zero-order valence-corrected chi connectivity index (χ0v) is 9.33. The van der Waals surface area contributed by atoms with E-state index in [1.807, 2.05) is 0 Å². The maximum atomic E-state index is 13.1. The summed E-state index contributed by atoms with van der Waals surface area (Å²) < 4.78 is 18.4. The van der Waals surface area contributed by atoms with Gasteiger partial charge in [-0.2, -0.15) is 0 Å². The fourth-order valence-corrected chi connectivity index (χ4v) is 1.78. The predicted molar refractivity (Wildman–Crippen MR) is 58.1 cm³/mol. The Bertz CT molecular complexity index is 473. The first-order chi connectivity index (χ1) is 8.06. The molecule has 2 rings (SSSR count). The zero-order valence-electron chi connectivity index (χ0n) is 9.33. The minimum absolute atomic E-state index is 0.166. The van der Waals surface area contributed by atoms with Crippen LogP contribution in [0.3, 0.4) is 0 Å². The normalized spacial score (nSPS) is 17.2. The van der Waals surface area contributed by atoms with Crippen LogP contribution in [0.4, 0.5) is 4.39 Å². The molecule has 1 aromatic rings. The molecule has 1 N–H and O–H groups in total. The monoisotopic (exact) mass is 237 g/mol. The topological polar surface area (TPSA) is 55.4 Å². The van der Waals surface area contributed by atoms with E-state index >= 15 is 0 Å². The lowest BCUT2D eigenvalue weighted by Crippen LogP contribution is -2.30. The van der Waals surface area contributed by atoms with E-state index in [2.05, 4.69) is 5.32 Å². The predicted octanol–water partition coefficient (Wildman–Crippen LogP) is 1.35. The minimum Gasteiger partial charge on any atom is -0.491 e. The molecular formula is C12H12FNO3. The van der Waals surface area contributed by atoms with E-state index in [0.717, 1.165) is 0 Å². The molecule has 0 radical (unpaired) electrons. The third kappa shape index (κ3) is 2.61. The van der Waals surface area contributed by atoms with Gasteiger partial charge in [0.15, 0.2) is 0 Å². The fraction of sp³-hybridized carbons (Fsp3) is 0.333. The molecule has 0 saturated heterocycles. The van der Waals surface area contributed by atoms with E-state index in [9.17, 15) is 14.0 Å². The summed E-state index contributed by atoms with van der Waals surface area (Å²) in [6.07, 6.45) is -0.166. The number of ether oxygens (including phenoxy) is 1. The summed E-state index contributed by atoms with van der Waals surface area (Å²) in [5.74, 6) is -0.385. The second-order valence-electron chi connectivity index (χ2n) is 3.99. The number of amides is 1. The third-order valence-corrected chi connectivity index (χ3v) is 2.50. The van der Waals surface area contributed by atoms with E-state index in [1.165, 1.54) is 25.1 Å². The Hall–Kier alpha value is -1.91. The van der Waals surface area contributed by atoms with Crippen LogP contribution < -0.4 is 10.1 Å². The molecule has 1 amide bonds. The molecule has 90 valence electrons. The van der Waals surface area contributed by atoms with Crippen molar-refractivity contribution in [2.24, 2.45) is 0 Å². The first kappa shape index (κ1) is 11.6. The first-order valence-electron chi connectivity index (χ1n) is 5.27. The lowest BCUT2D eigenvalue weighted by molar-refractivity contribution is -0.127. The Morgan fingerprint density at radius 1 is 1.53 bits per heavy atom. The van der Waals surface area contributed by atoms with E-state index in [1.54, 1.807) is 0 Å². The average Bonchev–Trinajstić information content (AvgIpc) is 2.60. The standard InChI is InChI=1S/C12H12FNO3/c1-7(15)4-12(16)14-10-6-17-11-3-2-8(13)5-9(10)11/h2-3,5,10H,4,6H2,1H3,(H,14,16). The van der Waals surface area contributed by atoms with Crippen LogP contribution in [0.2, 0.25) is 0 Å². The van der Waals surface area contributed by atoms with Gasteiger partial charge in [0.05, 0.1) is 12.5 Å². The first-order valence-corrected chi connectivity index (χ1v) is 5.27. The second kappa shape index (κ2) is 4.53. The molecule has 0 spiro atoms. The molecule has 1 heterocycles. The molecule has 0 fully saturated rings. The van der Waals surface area contributed by atoms with Gasteiger partial charge in [0.2, 0.25) is 5.91 Å². The van der Waals surface area contributed by atoms with Crippen LogP contribution >= 0.6 is 0 Å². The van der Waals surface area contributed by atoms with Crippen molar-refractivity contribution in [2.75, 3.05) is 6.61 Å². The number of rotatable bonds is 3. The van der Waals surface area contributed by atoms with Gasteiger partial charge in [-0.15, -0.1) is 0 Å². The molecule has 1 atom stereocenters. The molecular weight excluding hydrogens is 225 g/mol. The highest BCUT2D eigenvalue weighted by atomic mass is 19.1. The van der Waals surface area contributed by atoms with Crippen molar-refractivity contribution in [3.8, 4) is 5.75 Å². The molecule has 4 nitrogen and oxygen atoms in total. The van der Waals surface area contributed by atoms with Crippen LogP contribution in [-0.2, 0) is 9.59 Å². The zero-order chi connectivity index (χ0) is 12.4. The third-order valence-electron chi connectivity index (χ3n) is 2.50. The average molecular weight is 237 g/mol. The number of carbonyl (C=O) groups is 2. The summed E-state index contributed by atoms with van der Waals surface area (Å²) in [6.45, 7) is 1.61. The number of halogens is 1. The molecule has 0 aromatic heterocycles. The number of ketones is 1. The highest BCUT2D eigenvalue weighted by Gasteiger charge is 2.26. The van der Waals surface area contributed by atoms with Crippen LogP contribution in [0, 0.1) is 5.82 Å². The minimum atomic E-state index is -0.382. The van der Waals surface area contributed by atoms with E-state index in [-0.39, 0.29) is 36.6 Å². The number of nitrogens with one attached hydrogen (secondary N) is 1. The Labute approximate surface area is 97.8 Å². The number of carbonyl (C=O) groups excluding carboxylic acids is 2. The lowest BCUT2D eigenvalue weighted by Gasteiger charge is -2.10. The SMILES string of the molecule is CC(=O)CC(=O)NC1COc2ccc(F)cc21. The largest absolute Gasteiger partial charge is 0.491 e. The van der Waals surface area contributed by atoms with Gasteiger partial charge >= 0.3 is 0 Å². The summed E-state index contributed by atoms with van der Waals surface area (Å²) in [4.78, 5) is 22.2. The number of hydrogen-bond donors (Lipinski definition) is 1. The Kier molecular flexibility index (Phi) is 3.08. The van der Waals surface area contributed by atoms with Crippen molar-refractivity contribution < 1.29 is 18.7 Å². The molecule has 0 aliphatic carbocycles. The second-order valence-corrected chi connectivity index (χ2v) is 3.99. The van der Waals surface area contributed by atoms with Crippen molar-refractivity contribution in [3.05, 3.63) is 29.6 Å². The van der Waals surface area contributed by atoms with Crippen molar-refractivity contribution in [3.63, 3.8) is 0 Å². The van der Waals surface area contributed by atoms with E-state index in [0.29, 0.717) is 11.3 Å². The van der Waals surface area contributed by atoms with Crippen molar-refractivity contribution in [1.29, 1.82) is 0 Å². The summed E-state index contributed by atoms with van der Waals surface area (Å²) in [6, 6.07) is 3.79. The smallest absolute Gasteiger partial charge is 0.228 e. The fourth-order valence-electron chi connectivity index (χ4n) is 1.78. The molecule has 5 heteroatoms. The number of Topliss-reactive ketones (excluding diaryl/α,β-unsaturated/α-hetero) is 1. The maximum Gasteiger partial charge on any atom is 0.228 e. The molecule has 1 unspecified atom stereocenters. The number of benzene rings is 1. The molecule has 0 saturated carbocycles. The van der Waals surface area contributed by atoms with Gasteiger partial charge in [0.25, 0.3) is 0 Å². The Balaban J connectivity index is 2.09. The Morgan fingerprint density at radius 2 is 2.29 bits per heavy atom. The maximum absolute atomic E-state index is 13.1. The van der Waals surface area contributed by atoms with Gasteiger partial charge in [-0.05, 0) is 25.1 Å². The lowest BCUT2D eigenvalue weighted by atomic mass is 10.1. The molecule has 1 aromatic carbocycles. The Morgan fingerprint density at radius 3 is 3.00 bits per heavy atom. The van der Waals surface area contributed by atoms with Gasteiger partial charge in [0.1, 0.15) is 24.0 Å². The van der Waals surface area contributed by atoms with Crippen molar-refractivity contribution in [1.82, 2.24) is 5.32 Å². The van der Waals surface area contributed by atoms with Crippen molar-refractivity contribution in [2.45, 2.75) is 19.4 Å². The quantitative estimate of drug-likeness (QED) is 0.807. The van der Waals surface area contributed by atoms with Gasteiger partial charge < -0.3 is 10.1 Å². The summed E-state index contributed by atoms with van der Waals surface area (Å²) in [5, 5.41) is 2.64. The summed E-state index contributed by atoms with van der Waals surface area (Å²) in [7, 11) is 0. The summed E-state index contributed by atoms with van der Waals surface area (Å²) in [5.41, 5.74) is 0.613. The van der Waals surface area contributed by atoms with Crippen molar-refractivity contribution >= 4 is 11.7 Å². The van der Waals surface area contributed by atoms with Gasteiger partial charge in [-0.3, -0.25) is 9.59 Å². The van der Waals surface area contributed by atoms with Crippen LogP contribution in [0.1, 0.15) is 24.9 Å². The number of fused-ring (bicyclic) bond motifs is 1. The van der Waals surface area contributed by atoms with Crippen LogP contribution in [0.25, 0.3) is 0 Å². The molecule has 1 aliphatic rings.